The maximum atomic E-state index is 12.5. The molecule has 1 unspecified atom stereocenters. The minimum Gasteiger partial charge on any atom is -0.481 e. The first-order chi connectivity index (χ1) is 10.4. The number of aliphatic carboxylic acids is 1. The minimum absolute atomic E-state index is 0.100. The first-order valence-electron chi connectivity index (χ1n) is 6.81. The van der Waals surface area contributed by atoms with Gasteiger partial charge in [-0.05, 0) is 12.3 Å². The maximum absolute atomic E-state index is 12.5. The first kappa shape index (κ1) is 15.9. The number of rotatable bonds is 6. The van der Waals surface area contributed by atoms with E-state index in [4.69, 9.17) is 9.84 Å². The van der Waals surface area contributed by atoms with Gasteiger partial charge in [-0.25, -0.2) is 0 Å². The fraction of sp³-hybridized carbons (Fsp3) is 0.312. The van der Waals surface area contributed by atoms with Crippen molar-refractivity contribution < 1.29 is 19.4 Å². The Morgan fingerprint density at radius 2 is 2.05 bits per heavy atom. The predicted molar refractivity (Wildman–Crippen MR) is 81.7 cm³/mol. The number of hydrogen-bond donors (Lipinski definition) is 2. The van der Waals surface area contributed by atoms with Gasteiger partial charge in [0.15, 0.2) is 0 Å². The van der Waals surface area contributed by atoms with Crippen LogP contribution in [-0.2, 0) is 9.53 Å². The van der Waals surface area contributed by atoms with Gasteiger partial charge in [-0.3, -0.25) is 14.6 Å². The lowest BCUT2D eigenvalue weighted by molar-refractivity contribution is -0.139. The Hall–Kier alpha value is -2.47. The second kappa shape index (κ2) is 6.53. The summed E-state index contributed by atoms with van der Waals surface area (Å²) >= 11 is 0. The molecule has 1 amide bonds. The summed E-state index contributed by atoms with van der Waals surface area (Å²) in [4.78, 5) is 27.6. The highest BCUT2D eigenvalue weighted by atomic mass is 16.5. The Kier molecular flexibility index (Phi) is 4.72. The van der Waals surface area contributed by atoms with E-state index < -0.39 is 11.5 Å². The van der Waals surface area contributed by atoms with Gasteiger partial charge in [-0.2, -0.15) is 0 Å². The largest absolute Gasteiger partial charge is 0.481 e. The van der Waals surface area contributed by atoms with Gasteiger partial charge >= 0.3 is 5.97 Å². The lowest BCUT2D eigenvalue weighted by Crippen LogP contribution is -2.50. The van der Waals surface area contributed by atoms with Crippen LogP contribution in [0.3, 0.4) is 0 Å². The van der Waals surface area contributed by atoms with E-state index in [9.17, 15) is 9.59 Å². The molecule has 0 aliphatic carbocycles. The van der Waals surface area contributed by atoms with E-state index in [-0.39, 0.29) is 18.9 Å². The number of hydrogen-bond acceptors (Lipinski definition) is 4. The number of carboxylic acids is 1. The number of nitrogens with zero attached hydrogens (tertiary/aromatic N) is 1. The molecule has 1 aromatic heterocycles. The Labute approximate surface area is 128 Å². The van der Waals surface area contributed by atoms with Crippen molar-refractivity contribution in [1.82, 2.24) is 10.3 Å². The minimum atomic E-state index is -1.00. The molecule has 0 saturated heterocycles. The smallest absolute Gasteiger partial charge is 0.305 e. The summed E-state index contributed by atoms with van der Waals surface area (Å²) in [6.07, 6.45) is 2.92. The summed E-state index contributed by atoms with van der Waals surface area (Å²) in [6.45, 7) is 1.74. The van der Waals surface area contributed by atoms with E-state index in [1.54, 1.807) is 13.1 Å². The zero-order chi connectivity index (χ0) is 16.2. The van der Waals surface area contributed by atoms with Crippen molar-refractivity contribution >= 4 is 22.6 Å². The molecule has 1 heterocycles. The molecule has 1 atom stereocenters. The van der Waals surface area contributed by atoms with E-state index in [0.717, 1.165) is 10.8 Å². The number of fused-ring (bicyclic) bond motifs is 1. The molecule has 116 valence electrons. The number of nitrogens with one attached hydrogen (secondary N) is 1. The van der Waals surface area contributed by atoms with Crippen LogP contribution in [0.2, 0.25) is 0 Å². The summed E-state index contributed by atoms with van der Waals surface area (Å²) in [7, 11) is 1.46. The number of ether oxygens (including phenoxy) is 1. The molecule has 0 bridgehead atoms. The van der Waals surface area contributed by atoms with Crippen molar-refractivity contribution in [3.8, 4) is 0 Å². The topological polar surface area (TPSA) is 88.5 Å². The van der Waals surface area contributed by atoms with Gasteiger partial charge in [-0.1, -0.05) is 24.3 Å². The lowest BCUT2D eigenvalue weighted by atomic mass is 9.97. The van der Waals surface area contributed by atoms with Crippen LogP contribution >= 0.6 is 0 Å². The van der Waals surface area contributed by atoms with Crippen molar-refractivity contribution in [3.63, 3.8) is 0 Å². The van der Waals surface area contributed by atoms with Crippen molar-refractivity contribution in [2.75, 3.05) is 13.7 Å². The normalized spacial score (nSPS) is 13.5. The number of carboxylic acid groups (broad SMARTS) is 1. The quantitative estimate of drug-likeness (QED) is 0.850. The van der Waals surface area contributed by atoms with Gasteiger partial charge in [0.25, 0.3) is 5.91 Å². The molecule has 0 radical (unpaired) electrons. The molecule has 6 heteroatoms. The van der Waals surface area contributed by atoms with E-state index in [1.807, 2.05) is 24.3 Å². The Bertz CT molecular complexity index is 696. The van der Waals surface area contributed by atoms with E-state index >= 15 is 0 Å². The lowest BCUT2D eigenvalue weighted by Gasteiger charge is -2.28. The molecule has 0 fully saturated rings. The van der Waals surface area contributed by atoms with Gasteiger partial charge < -0.3 is 15.2 Å². The van der Waals surface area contributed by atoms with E-state index in [2.05, 4.69) is 10.3 Å². The zero-order valence-corrected chi connectivity index (χ0v) is 12.5. The summed E-state index contributed by atoms with van der Waals surface area (Å²) in [5.74, 6) is -1.37. The highest BCUT2D eigenvalue weighted by molar-refractivity contribution is 6.06. The number of pyridine rings is 1. The molecule has 1 aromatic carbocycles. The van der Waals surface area contributed by atoms with Gasteiger partial charge in [-0.15, -0.1) is 0 Å². The Morgan fingerprint density at radius 3 is 2.73 bits per heavy atom. The van der Waals surface area contributed by atoms with Crippen LogP contribution < -0.4 is 5.32 Å². The van der Waals surface area contributed by atoms with Crippen molar-refractivity contribution in [2.24, 2.45) is 0 Å². The molecule has 6 nitrogen and oxygen atoms in total. The van der Waals surface area contributed by atoms with Gasteiger partial charge in [0.1, 0.15) is 0 Å². The Morgan fingerprint density at radius 1 is 1.32 bits per heavy atom. The third kappa shape index (κ3) is 3.59. The summed E-state index contributed by atoms with van der Waals surface area (Å²) < 4.78 is 5.04. The molecule has 0 saturated carbocycles. The molecular formula is C16H18N2O4. The number of methoxy groups -OCH3 is 1. The van der Waals surface area contributed by atoms with Crippen LogP contribution in [0.5, 0.6) is 0 Å². The summed E-state index contributed by atoms with van der Waals surface area (Å²) in [5.41, 5.74) is -0.583. The Balaban J connectivity index is 2.31. The molecular weight excluding hydrogens is 284 g/mol. The maximum Gasteiger partial charge on any atom is 0.305 e. The zero-order valence-electron chi connectivity index (χ0n) is 12.5. The molecule has 2 rings (SSSR count). The fourth-order valence-electron chi connectivity index (χ4n) is 2.42. The highest BCUT2D eigenvalue weighted by Crippen LogP contribution is 2.19. The van der Waals surface area contributed by atoms with Crippen LogP contribution in [-0.4, -0.2) is 41.2 Å². The second-order valence-corrected chi connectivity index (χ2v) is 5.43. The second-order valence-electron chi connectivity index (χ2n) is 5.43. The first-order valence-corrected chi connectivity index (χ1v) is 6.81. The monoisotopic (exact) mass is 302 g/mol. The van der Waals surface area contributed by atoms with Crippen LogP contribution in [0.15, 0.2) is 36.7 Å². The van der Waals surface area contributed by atoms with E-state index in [1.165, 1.54) is 13.3 Å². The van der Waals surface area contributed by atoms with Gasteiger partial charge in [0, 0.05) is 24.9 Å². The molecule has 0 spiro atoms. The third-order valence-electron chi connectivity index (χ3n) is 3.33. The van der Waals surface area contributed by atoms with Gasteiger partial charge in [0.2, 0.25) is 0 Å². The number of aromatic nitrogens is 1. The highest BCUT2D eigenvalue weighted by Gasteiger charge is 2.30. The predicted octanol–water partition coefficient (Wildman–Crippen LogP) is 1.84. The average Bonchev–Trinajstić information content (AvgIpc) is 2.45. The van der Waals surface area contributed by atoms with Crippen molar-refractivity contribution in [1.29, 1.82) is 0 Å². The fourth-order valence-corrected chi connectivity index (χ4v) is 2.42. The van der Waals surface area contributed by atoms with Crippen molar-refractivity contribution in [3.05, 3.63) is 42.2 Å². The van der Waals surface area contributed by atoms with Crippen LogP contribution in [0.1, 0.15) is 23.7 Å². The summed E-state index contributed by atoms with van der Waals surface area (Å²) in [6, 6.07) is 7.40. The number of carbonyl (C=O) groups excluding carboxylic acids is 1. The van der Waals surface area contributed by atoms with Crippen molar-refractivity contribution in [2.45, 2.75) is 18.9 Å². The number of carbonyl (C=O) groups is 2. The number of benzene rings is 1. The summed E-state index contributed by atoms with van der Waals surface area (Å²) in [5, 5.41) is 13.4. The standard InChI is InChI=1S/C16H18N2O4/c1-16(10-22-2,7-14(19)20)18-15(21)13-9-17-8-11-5-3-4-6-12(11)13/h3-6,8-9H,7,10H2,1-2H3,(H,18,21)(H,19,20). The molecule has 2 aromatic rings. The molecule has 0 aliphatic rings. The van der Waals surface area contributed by atoms with Crippen LogP contribution in [0, 0.1) is 0 Å². The van der Waals surface area contributed by atoms with Gasteiger partial charge in [0.05, 0.1) is 24.1 Å². The molecule has 2 N–H and O–H groups in total. The van der Waals surface area contributed by atoms with Crippen LogP contribution in [0.4, 0.5) is 0 Å². The average molecular weight is 302 g/mol. The SMILES string of the molecule is COCC(C)(CC(=O)O)NC(=O)c1cncc2ccccc12. The van der Waals surface area contributed by atoms with Crippen LogP contribution in [0.25, 0.3) is 10.8 Å². The molecule has 22 heavy (non-hydrogen) atoms. The molecule has 0 aliphatic heterocycles. The third-order valence-corrected chi connectivity index (χ3v) is 3.33. The van der Waals surface area contributed by atoms with E-state index in [0.29, 0.717) is 5.56 Å². The number of amides is 1.